The number of carbonyl (C=O) groups is 1. The van der Waals surface area contributed by atoms with Crippen molar-refractivity contribution in [3.8, 4) is 0 Å². The van der Waals surface area contributed by atoms with Crippen LogP contribution in [0.25, 0.3) is 0 Å². The zero-order valence-corrected chi connectivity index (χ0v) is 13.1. The number of benzene rings is 1. The zero-order valence-electron chi connectivity index (χ0n) is 12.3. The Morgan fingerprint density at radius 3 is 2.59 bits per heavy atom. The molecule has 8 heteroatoms. The monoisotopic (exact) mass is 330 g/mol. The van der Waals surface area contributed by atoms with Gasteiger partial charge in [0.1, 0.15) is 18.8 Å². The normalized spacial score (nSPS) is 25.1. The molecule has 0 saturated carbocycles. The highest BCUT2D eigenvalue weighted by atomic mass is 32.2. The number of rotatable bonds is 5. The van der Waals surface area contributed by atoms with Crippen LogP contribution in [-0.4, -0.2) is 50.9 Å². The third-order valence-corrected chi connectivity index (χ3v) is 3.74. The molecule has 0 spiro atoms. The molecule has 3 atom stereocenters. The van der Waals surface area contributed by atoms with Crippen molar-refractivity contribution in [2.24, 2.45) is 0 Å². The number of hydrogen-bond acceptors (Lipinski definition) is 7. The topological polar surface area (TPSA) is 99.1 Å². The Morgan fingerprint density at radius 2 is 2.00 bits per heavy atom. The lowest BCUT2D eigenvalue weighted by atomic mass is 10.1. The number of aryl methyl sites for hydroxylation is 1. The van der Waals surface area contributed by atoms with Crippen LogP contribution < -0.4 is 0 Å². The summed E-state index contributed by atoms with van der Waals surface area (Å²) in [4.78, 5) is 11.9. The molecule has 1 aromatic carbocycles. The van der Waals surface area contributed by atoms with E-state index in [0.717, 1.165) is 11.8 Å². The van der Waals surface area contributed by atoms with Gasteiger partial charge in [-0.3, -0.25) is 4.18 Å². The average molecular weight is 330 g/mol. The maximum atomic E-state index is 11.9. The van der Waals surface area contributed by atoms with Crippen LogP contribution >= 0.6 is 0 Å². The summed E-state index contributed by atoms with van der Waals surface area (Å²) in [5, 5.41) is 9.44. The smallest absolute Gasteiger partial charge is 0.338 e. The maximum absolute atomic E-state index is 11.9. The molecular formula is C14H18O7S. The molecule has 1 N–H and O–H groups in total. The van der Waals surface area contributed by atoms with E-state index in [9.17, 15) is 18.3 Å². The first-order valence-corrected chi connectivity index (χ1v) is 8.52. The number of aliphatic hydroxyl groups excluding tert-OH is 1. The molecule has 122 valence electrons. The molecule has 7 nitrogen and oxygen atoms in total. The first-order valence-electron chi connectivity index (χ1n) is 6.70. The summed E-state index contributed by atoms with van der Waals surface area (Å²) in [6.45, 7) is 1.69. The van der Waals surface area contributed by atoms with Crippen LogP contribution in [0.5, 0.6) is 0 Å². The van der Waals surface area contributed by atoms with Crippen molar-refractivity contribution in [1.29, 1.82) is 0 Å². The van der Waals surface area contributed by atoms with Gasteiger partial charge in [0.05, 0.1) is 11.8 Å². The first-order chi connectivity index (χ1) is 10.2. The van der Waals surface area contributed by atoms with Crippen LogP contribution in [0, 0.1) is 6.92 Å². The minimum Gasteiger partial charge on any atom is -0.459 e. The summed E-state index contributed by atoms with van der Waals surface area (Å²) in [6, 6.07) is 6.82. The second-order valence-electron chi connectivity index (χ2n) is 5.17. The predicted octanol–water partition coefficient (Wildman–Crippen LogP) is 0.604. The number of carbonyl (C=O) groups excluding carboxylic acids is 1. The molecule has 0 aromatic heterocycles. The van der Waals surface area contributed by atoms with E-state index in [0.29, 0.717) is 5.56 Å². The number of hydrogen-bond donors (Lipinski definition) is 1. The number of esters is 1. The van der Waals surface area contributed by atoms with Crippen molar-refractivity contribution >= 4 is 16.1 Å². The van der Waals surface area contributed by atoms with E-state index < -0.39 is 34.6 Å². The minimum atomic E-state index is -3.69. The SMILES string of the molecule is Cc1ccc(C(=O)OC[C@H]2OC(O)C[C@@H]2OS(C)(=O)=O)cc1. The predicted molar refractivity (Wildman–Crippen MR) is 76.7 cm³/mol. The van der Waals surface area contributed by atoms with Gasteiger partial charge in [-0.2, -0.15) is 8.42 Å². The third kappa shape index (κ3) is 4.77. The van der Waals surface area contributed by atoms with E-state index in [-0.39, 0.29) is 13.0 Å². The van der Waals surface area contributed by atoms with Crippen LogP contribution in [0.2, 0.25) is 0 Å². The van der Waals surface area contributed by atoms with Gasteiger partial charge in [0, 0.05) is 6.42 Å². The van der Waals surface area contributed by atoms with Gasteiger partial charge in [-0.05, 0) is 19.1 Å². The molecule has 1 aliphatic rings. The Kier molecular flexibility index (Phi) is 5.17. The lowest BCUT2D eigenvalue weighted by Crippen LogP contribution is -2.32. The standard InChI is InChI=1S/C14H18O7S/c1-9-3-5-10(6-4-9)14(16)19-8-12-11(7-13(15)20-12)21-22(2,17)18/h3-6,11-13,15H,7-8H2,1-2H3/t11-,12+,13?/m0/s1. The molecule has 22 heavy (non-hydrogen) atoms. The number of aliphatic hydroxyl groups is 1. The molecule has 1 fully saturated rings. The van der Waals surface area contributed by atoms with Gasteiger partial charge in [-0.15, -0.1) is 0 Å². The summed E-state index contributed by atoms with van der Waals surface area (Å²) in [7, 11) is -3.69. The first kappa shape index (κ1) is 16.9. The average Bonchev–Trinajstić information content (AvgIpc) is 2.74. The van der Waals surface area contributed by atoms with Crippen LogP contribution in [0.3, 0.4) is 0 Å². The lowest BCUT2D eigenvalue weighted by molar-refractivity contribution is -0.108. The van der Waals surface area contributed by atoms with Crippen molar-refractivity contribution in [3.05, 3.63) is 35.4 Å². The van der Waals surface area contributed by atoms with E-state index in [1.165, 1.54) is 0 Å². The summed E-state index contributed by atoms with van der Waals surface area (Å²) < 4.78 is 37.4. The van der Waals surface area contributed by atoms with E-state index in [4.69, 9.17) is 13.7 Å². The Bertz CT molecular complexity index is 623. The lowest BCUT2D eigenvalue weighted by Gasteiger charge is -2.17. The van der Waals surface area contributed by atoms with E-state index in [1.54, 1.807) is 24.3 Å². The quantitative estimate of drug-likeness (QED) is 0.623. The zero-order chi connectivity index (χ0) is 16.3. The maximum Gasteiger partial charge on any atom is 0.338 e. The molecule has 1 saturated heterocycles. The highest BCUT2D eigenvalue weighted by Gasteiger charge is 2.38. The molecule has 1 heterocycles. The molecule has 1 aromatic rings. The van der Waals surface area contributed by atoms with Crippen LogP contribution in [0.15, 0.2) is 24.3 Å². The number of ether oxygens (including phenoxy) is 2. The molecule has 0 aliphatic carbocycles. The second-order valence-corrected chi connectivity index (χ2v) is 6.77. The van der Waals surface area contributed by atoms with Gasteiger partial charge < -0.3 is 14.6 Å². The Balaban J connectivity index is 1.94. The Hall–Kier alpha value is -1.48. The highest BCUT2D eigenvalue weighted by Crippen LogP contribution is 2.23. The fourth-order valence-corrected chi connectivity index (χ4v) is 2.75. The molecule has 0 amide bonds. The summed E-state index contributed by atoms with van der Waals surface area (Å²) in [5.41, 5.74) is 1.39. The fourth-order valence-electron chi connectivity index (χ4n) is 2.10. The van der Waals surface area contributed by atoms with Gasteiger partial charge in [-0.1, -0.05) is 17.7 Å². The van der Waals surface area contributed by atoms with E-state index >= 15 is 0 Å². The van der Waals surface area contributed by atoms with Gasteiger partial charge in [0.25, 0.3) is 10.1 Å². The molecule has 0 radical (unpaired) electrons. The van der Waals surface area contributed by atoms with Crippen molar-refractivity contribution < 1.29 is 32.0 Å². The van der Waals surface area contributed by atoms with Gasteiger partial charge in [0.15, 0.2) is 6.29 Å². The molecule has 1 aliphatic heterocycles. The van der Waals surface area contributed by atoms with Gasteiger partial charge >= 0.3 is 5.97 Å². The van der Waals surface area contributed by atoms with Crippen LogP contribution in [0.4, 0.5) is 0 Å². The van der Waals surface area contributed by atoms with Gasteiger partial charge in [-0.25, -0.2) is 4.79 Å². The van der Waals surface area contributed by atoms with Gasteiger partial charge in [0.2, 0.25) is 0 Å². The highest BCUT2D eigenvalue weighted by molar-refractivity contribution is 7.86. The molecule has 2 rings (SSSR count). The third-order valence-electron chi connectivity index (χ3n) is 3.14. The van der Waals surface area contributed by atoms with Crippen molar-refractivity contribution in [2.45, 2.75) is 31.8 Å². The second kappa shape index (κ2) is 6.74. The largest absolute Gasteiger partial charge is 0.459 e. The van der Waals surface area contributed by atoms with E-state index in [1.807, 2.05) is 6.92 Å². The van der Waals surface area contributed by atoms with Crippen LogP contribution in [-0.2, 0) is 23.8 Å². The van der Waals surface area contributed by atoms with Crippen molar-refractivity contribution in [3.63, 3.8) is 0 Å². The fraction of sp³-hybridized carbons (Fsp3) is 0.500. The summed E-state index contributed by atoms with van der Waals surface area (Å²) >= 11 is 0. The van der Waals surface area contributed by atoms with Crippen molar-refractivity contribution in [2.75, 3.05) is 12.9 Å². The Morgan fingerprint density at radius 1 is 1.36 bits per heavy atom. The molecular weight excluding hydrogens is 312 g/mol. The van der Waals surface area contributed by atoms with Crippen LogP contribution in [0.1, 0.15) is 22.3 Å². The molecule has 1 unspecified atom stereocenters. The summed E-state index contributed by atoms with van der Waals surface area (Å²) in [5.74, 6) is -0.553. The summed E-state index contributed by atoms with van der Waals surface area (Å²) in [6.07, 6.45) is -1.95. The van der Waals surface area contributed by atoms with Crippen molar-refractivity contribution in [1.82, 2.24) is 0 Å². The van der Waals surface area contributed by atoms with E-state index in [2.05, 4.69) is 0 Å². The molecule has 0 bridgehead atoms. The minimum absolute atomic E-state index is 0.000180. The Labute approximate surface area is 128 Å².